The first kappa shape index (κ1) is 11.1. The van der Waals surface area contributed by atoms with Gasteiger partial charge in [-0.2, -0.15) is 0 Å². The van der Waals surface area contributed by atoms with Crippen LogP contribution in [0.4, 0.5) is 0 Å². The van der Waals surface area contributed by atoms with E-state index in [1.807, 2.05) is 0 Å². The normalized spacial score (nSPS) is 19.4. The van der Waals surface area contributed by atoms with Gasteiger partial charge < -0.3 is 14.4 Å². The summed E-state index contributed by atoms with van der Waals surface area (Å²) >= 11 is 0. The Morgan fingerprint density at radius 1 is 1.75 bits per heavy atom. The van der Waals surface area contributed by atoms with Gasteiger partial charge in [0.15, 0.2) is 0 Å². The highest BCUT2D eigenvalue weighted by Gasteiger charge is 2.25. The van der Waals surface area contributed by atoms with Gasteiger partial charge in [-0.3, -0.25) is 4.79 Å². The summed E-state index contributed by atoms with van der Waals surface area (Å²) in [6, 6.07) is 0. The van der Waals surface area contributed by atoms with Crippen molar-refractivity contribution in [2.45, 2.75) is 25.8 Å². The fourth-order valence-electron chi connectivity index (χ4n) is 2.13. The highest BCUT2D eigenvalue weighted by atomic mass is 16.5. The lowest BCUT2D eigenvalue weighted by Gasteiger charge is -2.21. The molecule has 0 aliphatic carbocycles. The molecule has 2 rings (SSSR count). The summed E-state index contributed by atoms with van der Waals surface area (Å²) in [4.78, 5) is 15.2. The fraction of sp³-hybridized carbons (Fsp3) is 0.636. The van der Waals surface area contributed by atoms with E-state index in [2.05, 4.69) is 9.55 Å². The summed E-state index contributed by atoms with van der Waals surface area (Å²) < 4.78 is 7.14. The first-order valence-corrected chi connectivity index (χ1v) is 5.47. The van der Waals surface area contributed by atoms with Crippen LogP contribution in [0.1, 0.15) is 17.9 Å². The zero-order chi connectivity index (χ0) is 11.5. The maximum atomic E-state index is 10.9. The van der Waals surface area contributed by atoms with E-state index in [0.717, 1.165) is 24.5 Å². The van der Waals surface area contributed by atoms with E-state index in [-0.39, 0.29) is 5.92 Å². The summed E-state index contributed by atoms with van der Waals surface area (Å²) in [5.74, 6) is 0.0473. The second-order valence-corrected chi connectivity index (χ2v) is 4.09. The van der Waals surface area contributed by atoms with Crippen molar-refractivity contribution in [2.24, 2.45) is 5.92 Å². The SMILES string of the molecule is COCCc1ncc2n1CCC(C(=O)O)C2. The van der Waals surface area contributed by atoms with Crippen molar-refractivity contribution in [1.29, 1.82) is 0 Å². The first-order chi connectivity index (χ1) is 7.72. The van der Waals surface area contributed by atoms with Gasteiger partial charge in [-0.25, -0.2) is 4.98 Å². The van der Waals surface area contributed by atoms with Crippen LogP contribution < -0.4 is 0 Å². The number of imidazole rings is 1. The lowest BCUT2D eigenvalue weighted by Crippen LogP contribution is -2.26. The number of carboxylic acids is 1. The molecular weight excluding hydrogens is 208 g/mol. The van der Waals surface area contributed by atoms with Gasteiger partial charge in [0.2, 0.25) is 0 Å². The van der Waals surface area contributed by atoms with Gasteiger partial charge in [0.25, 0.3) is 0 Å². The highest BCUT2D eigenvalue weighted by Crippen LogP contribution is 2.22. The number of hydrogen-bond acceptors (Lipinski definition) is 3. The second kappa shape index (κ2) is 4.65. The molecule has 0 saturated heterocycles. The number of aliphatic carboxylic acids is 1. The molecule has 1 atom stereocenters. The number of carboxylic acid groups (broad SMARTS) is 1. The molecule has 1 aliphatic rings. The highest BCUT2D eigenvalue weighted by molar-refractivity contribution is 5.70. The molecule has 2 heterocycles. The van der Waals surface area contributed by atoms with Gasteiger partial charge in [0.05, 0.1) is 12.5 Å². The summed E-state index contributed by atoms with van der Waals surface area (Å²) in [7, 11) is 1.67. The molecule has 0 aromatic carbocycles. The maximum Gasteiger partial charge on any atom is 0.306 e. The third-order valence-electron chi connectivity index (χ3n) is 3.06. The van der Waals surface area contributed by atoms with E-state index in [0.29, 0.717) is 19.4 Å². The predicted octanol–water partition coefficient (Wildman–Crippen LogP) is 0.719. The Morgan fingerprint density at radius 2 is 2.56 bits per heavy atom. The van der Waals surface area contributed by atoms with Gasteiger partial charge in [-0.05, 0) is 6.42 Å². The number of ether oxygens (including phenoxy) is 1. The van der Waals surface area contributed by atoms with Crippen molar-refractivity contribution < 1.29 is 14.6 Å². The molecule has 0 fully saturated rings. The molecule has 1 aromatic rings. The van der Waals surface area contributed by atoms with Gasteiger partial charge in [-0.15, -0.1) is 0 Å². The van der Waals surface area contributed by atoms with E-state index in [9.17, 15) is 4.79 Å². The lowest BCUT2D eigenvalue weighted by atomic mass is 9.96. The Morgan fingerprint density at radius 3 is 3.25 bits per heavy atom. The zero-order valence-electron chi connectivity index (χ0n) is 9.35. The van der Waals surface area contributed by atoms with Crippen LogP contribution >= 0.6 is 0 Å². The summed E-state index contributed by atoms with van der Waals surface area (Å²) in [6.07, 6.45) is 3.86. The third kappa shape index (κ3) is 2.09. The van der Waals surface area contributed by atoms with Crippen LogP contribution in [0.3, 0.4) is 0 Å². The van der Waals surface area contributed by atoms with E-state index < -0.39 is 5.97 Å². The Kier molecular flexibility index (Phi) is 3.24. The quantitative estimate of drug-likeness (QED) is 0.818. The smallest absolute Gasteiger partial charge is 0.306 e. The molecule has 1 unspecified atom stereocenters. The number of fused-ring (bicyclic) bond motifs is 1. The van der Waals surface area contributed by atoms with Gasteiger partial charge in [0, 0.05) is 38.4 Å². The molecule has 0 bridgehead atoms. The summed E-state index contributed by atoms with van der Waals surface area (Å²) in [5.41, 5.74) is 1.03. The van der Waals surface area contributed by atoms with Crippen LogP contribution in [0, 0.1) is 5.92 Å². The van der Waals surface area contributed by atoms with Crippen LogP contribution in [0.5, 0.6) is 0 Å². The summed E-state index contributed by atoms with van der Waals surface area (Å²) in [5, 5.41) is 8.96. The minimum absolute atomic E-state index is 0.250. The number of nitrogens with zero attached hydrogens (tertiary/aromatic N) is 2. The number of methoxy groups -OCH3 is 1. The maximum absolute atomic E-state index is 10.9. The van der Waals surface area contributed by atoms with Crippen molar-refractivity contribution in [3.63, 3.8) is 0 Å². The molecule has 1 aliphatic heterocycles. The Bertz CT molecular complexity index is 387. The molecule has 5 nitrogen and oxygen atoms in total. The topological polar surface area (TPSA) is 64.4 Å². The predicted molar refractivity (Wildman–Crippen MR) is 57.3 cm³/mol. The minimum Gasteiger partial charge on any atom is -0.481 e. The standard InChI is InChI=1S/C11H16N2O3/c1-16-5-3-10-12-7-9-6-8(11(14)15)2-4-13(9)10/h7-8H,2-6H2,1H3,(H,14,15). The van der Waals surface area contributed by atoms with Crippen LogP contribution in [-0.4, -0.2) is 34.3 Å². The average Bonchev–Trinajstić information content (AvgIpc) is 2.68. The largest absolute Gasteiger partial charge is 0.481 e. The van der Waals surface area contributed by atoms with Gasteiger partial charge >= 0.3 is 5.97 Å². The Labute approximate surface area is 94.1 Å². The summed E-state index contributed by atoms with van der Waals surface area (Å²) in [6.45, 7) is 1.41. The molecule has 1 N–H and O–H groups in total. The Hall–Kier alpha value is -1.36. The van der Waals surface area contributed by atoms with Crippen molar-refractivity contribution >= 4 is 5.97 Å². The van der Waals surface area contributed by atoms with E-state index in [1.165, 1.54) is 0 Å². The first-order valence-electron chi connectivity index (χ1n) is 5.47. The van der Waals surface area contributed by atoms with Crippen LogP contribution in [0.15, 0.2) is 6.20 Å². The fourth-order valence-corrected chi connectivity index (χ4v) is 2.13. The van der Waals surface area contributed by atoms with Crippen LogP contribution in [-0.2, 0) is 28.9 Å². The molecule has 5 heteroatoms. The van der Waals surface area contributed by atoms with Crippen molar-refractivity contribution in [2.75, 3.05) is 13.7 Å². The Balaban J connectivity index is 2.10. The molecular formula is C11H16N2O3. The van der Waals surface area contributed by atoms with Crippen LogP contribution in [0.25, 0.3) is 0 Å². The van der Waals surface area contributed by atoms with Crippen molar-refractivity contribution in [1.82, 2.24) is 9.55 Å². The molecule has 0 spiro atoms. The monoisotopic (exact) mass is 224 g/mol. The second-order valence-electron chi connectivity index (χ2n) is 4.09. The van der Waals surface area contributed by atoms with Crippen molar-refractivity contribution in [3.8, 4) is 0 Å². The molecule has 88 valence electrons. The molecule has 0 radical (unpaired) electrons. The van der Waals surface area contributed by atoms with E-state index in [4.69, 9.17) is 9.84 Å². The van der Waals surface area contributed by atoms with E-state index >= 15 is 0 Å². The molecule has 0 amide bonds. The minimum atomic E-state index is -0.703. The molecule has 16 heavy (non-hydrogen) atoms. The third-order valence-corrected chi connectivity index (χ3v) is 3.06. The van der Waals surface area contributed by atoms with Gasteiger partial charge in [-0.1, -0.05) is 0 Å². The lowest BCUT2D eigenvalue weighted by molar-refractivity contribution is -0.142. The average molecular weight is 224 g/mol. The number of hydrogen-bond donors (Lipinski definition) is 1. The van der Waals surface area contributed by atoms with Crippen molar-refractivity contribution in [3.05, 3.63) is 17.7 Å². The van der Waals surface area contributed by atoms with Gasteiger partial charge in [0.1, 0.15) is 5.82 Å². The van der Waals surface area contributed by atoms with Crippen LogP contribution in [0.2, 0.25) is 0 Å². The zero-order valence-corrected chi connectivity index (χ0v) is 9.35. The number of carbonyl (C=O) groups is 1. The van der Waals surface area contributed by atoms with E-state index in [1.54, 1.807) is 13.3 Å². The molecule has 0 saturated carbocycles. The number of aromatic nitrogens is 2. The molecule has 1 aromatic heterocycles. The number of rotatable bonds is 4.